The van der Waals surface area contributed by atoms with Crippen molar-refractivity contribution in [2.75, 3.05) is 17.7 Å². The number of rotatable bonds is 8. The van der Waals surface area contributed by atoms with Crippen molar-refractivity contribution in [1.82, 2.24) is 15.0 Å². The van der Waals surface area contributed by atoms with E-state index in [0.717, 1.165) is 12.8 Å². The molecule has 2 aromatic rings. The second kappa shape index (κ2) is 7.80. The molecule has 0 saturated heterocycles. The number of fused-ring (bicyclic) bond motifs is 1. The molecule has 0 aliphatic rings. The van der Waals surface area contributed by atoms with Crippen LogP contribution >= 0.6 is 0 Å². The molecule has 2 heterocycles. The Morgan fingerprint density at radius 1 is 1.43 bits per heavy atom. The number of Topliss-reactive ketones (excluding diaryl/α,β-unsaturated/α-hetero) is 1. The fourth-order valence-corrected chi connectivity index (χ4v) is 2.67. The van der Waals surface area contributed by atoms with E-state index in [-0.39, 0.29) is 24.2 Å². The number of nitrogen functional groups attached to an aromatic ring is 1. The molecule has 2 rings (SSSR count). The minimum atomic E-state index is -0.566. The Labute approximate surface area is 134 Å². The van der Waals surface area contributed by atoms with Gasteiger partial charge >= 0.3 is 0 Å². The summed E-state index contributed by atoms with van der Waals surface area (Å²) in [5, 5.41) is 3.23. The van der Waals surface area contributed by atoms with Crippen molar-refractivity contribution in [3.63, 3.8) is 0 Å². The van der Waals surface area contributed by atoms with Gasteiger partial charge in [0.2, 0.25) is 5.95 Å². The molecule has 0 bridgehead atoms. The van der Waals surface area contributed by atoms with Gasteiger partial charge in [-0.1, -0.05) is 13.3 Å². The average molecular weight is 319 g/mol. The van der Waals surface area contributed by atoms with Crippen molar-refractivity contribution in [1.29, 1.82) is 0 Å². The molecule has 124 valence electrons. The van der Waals surface area contributed by atoms with Gasteiger partial charge in [-0.3, -0.25) is 9.37 Å². The highest BCUT2D eigenvalue weighted by atomic mass is 19.1. The second-order valence-electron chi connectivity index (χ2n) is 5.66. The van der Waals surface area contributed by atoms with Crippen LogP contribution in [0.3, 0.4) is 0 Å². The molecule has 3 N–H and O–H groups in total. The number of carbonyl (C=O) groups excluding carboxylic acids is 1. The van der Waals surface area contributed by atoms with E-state index < -0.39 is 12.6 Å². The van der Waals surface area contributed by atoms with Crippen molar-refractivity contribution < 1.29 is 9.18 Å². The SMILES string of the molecule is CCC[C@@H](Nc1nc(N)nc2cccnc12)C(CF)CC(C)=O. The van der Waals surface area contributed by atoms with Crippen molar-refractivity contribution in [3.05, 3.63) is 18.3 Å². The lowest BCUT2D eigenvalue weighted by Crippen LogP contribution is -2.32. The highest BCUT2D eigenvalue weighted by Crippen LogP contribution is 2.24. The highest BCUT2D eigenvalue weighted by Gasteiger charge is 2.24. The summed E-state index contributed by atoms with van der Waals surface area (Å²) in [4.78, 5) is 24.0. The maximum atomic E-state index is 13.4. The molecule has 0 radical (unpaired) electrons. The predicted octanol–water partition coefficient (Wildman–Crippen LogP) is 2.75. The Balaban J connectivity index is 2.34. The molecule has 0 aromatic carbocycles. The van der Waals surface area contributed by atoms with Gasteiger partial charge in [-0.25, -0.2) is 4.98 Å². The number of nitrogens with two attached hydrogens (primary N) is 1. The molecular weight excluding hydrogens is 297 g/mol. The second-order valence-corrected chi connectivity index (χ2v) is 5.66. The number of carbonyl (C=O) groups is 1. The minimum Gasteiger partial charge on any atom is -0.368 e. The quantitative estimate of drug-likeness (QED) is 0.777. The molecule has 0 fully saturated rings. The minimum absolute atomic E-state index is 0.0271. The zero-order valence-electron chi connectivity index (χ0n) is 13.4. The van der Waals surface area contributed by atoms with E-state index in [1.165, 1.54) is 6.92 Å². The summed E-state index contributed by atoms with van der Waals surface area (Å²) in [5.74, 6) is 0.184. The van der Waals surface area contributed by atoms with Crippen molar-refractivity contribution in [2.24, 2.45) is 5.92 Å². The number of halogens is 1. The summed E-state index contributed by atoms with van der Waals surface area (Å²) in [6.45, 7) is 2.93. The standard InChI is InChI=1S/C16H22FN5O/c1-3-5-12(11(9-17)8-10(2)23)20-15-14-13(6-4-7-19-14)21-16(18)22-15/h4,6-7,11-12H,3,5,8-9H2,1-2H3,(H3,18,20,21,22)/t11?,12-/m1/s1. The van der Waals surface area contributed by atoms with Gasteiger partial charge in [-0.05, 0) is 25.5 Å². The molecule has 23 heavy (non-hydrogen) atoms. The number of nitrogens with zero attached hydrogens (tertiary/aromatic N) is 3. The van der Waals surface area contributed by atoms with Crippen LogP contribution in [0.1, 0.15) is 33.1 Å². The van der Waals surface area contributed by atoms with Crippen LogP contribution in [-0.2, 0) is 4.79 Å². The van der Waals surface area contributed by atoms with Gasteiger partial charge < -0.3 is 15.8 Å². The maximum absolute atomic E-state index is 13.4. The number of ketones is 1. The number of pyridine rings is 1. The Kier molecular flexibility index (Phi) is 5.78. The van der Waals surface area contributed by atoms with Crippen LogP contribution in [0.15, 0.2) is 18.3 Å². The fraction of sp³-hybridized carbons (Fsp3) is 0.500. The number of hydrogen-bond acceptors (Lipinski definition) is 6. The molecule has 0 aliphatic heterocycles. The van der Waals surface area contributed by atoms with E-state index in [1.807, 2.05) is 6.92 Å². The third-order valence-corrected chi connectivity index (χ3v) is 3.71. The third kappa shape index (κ3) is 4.34. The Bertz CT molecular complexity index is 679. The highest BCUT2D eigenvalue weighted by molar-refractivity contribution is 5.86. The number of aromatic nitrogens is 3. The molecule has 0 spiro atoms. The molecule has 2 aromatic heterocycles. The van der Waals surface area contributed by atoms with Gasteiger partial charge in [0.15, 0.2) is 5.82 Å². The van der Waals surface area contributed by atoms with Crippen LogP contribution in [-0.4, -0.2) is 33.5 Å². The molecule has 0 aliphatic carbocycles. The summed E-state index contributed by atoms with van der Waals surface area (Å²) in [6, 6.07) is 3.35. The maximum Gasteiger partial charge on any atom is 0.222 e. The Morgan fingerprint density at radius 3 is 2.87 bits per heavy atom. The van der Waals surface area contributed by atoms with Gasteiger partial charge in [0.05, 0.1) is 12.2 Å². The molecule has 1 unspecified atom stereocenters. The Hall–Kier alpha value is -2.31. The summed E-state index contributed by atoms with van der Waals surface area (Å²) in [5.41, 5.74) is 6.96. The van der Waals surface area contributed by atoms with Gasteiger partial charge in [0.25, 0.3) is 0 Å². The number of alkyl halides is 1. The van der Waals surface area contributed by atoms with E-state index in [0.29, 0.717) is 16.9 Å². The van der Waals surface area contributed by atoms with Crippen LogP contribution in [0.2, 0.25) is 0 Å². The first kappa shape index (κ1) is 17.1. The molecule has 0 amide bonds. The lowest BCUT2D eigenvalue weighted by molar-refractivity contribution is -0.118. The summed E-state index contributed by atoms with van der Waals surface area (Å²) in [6.07, 6.45) is 3.42. The van der Waals surface area contributed by atoms with Gasteiger partial charge in [0.1, 0.15) is 11.3 Å². The predicted molar refractivity (Wildman–Crippen MR) is 88.8 cm³/mol. The number of nitrogens with one attached hydrogen (secondary N) is 1. The van der Waals surface area contributed by atoms with Gasteiger partial charge in [0, 0.05) is 24.6 Å². The topological polar surface area (TPSA) is 93.8 Å². The van der Waals surface area contributed by atoms with Crippen LogP contribution in [0.4, 0.5) is 16.2 Å². The zero-order valence-corrected chi connectivity index (χ0v) is 13.4. The van der Waals surface area contributed by atoms with Gasteiger partial charge in [-0.15, -0.1) is 0 Å². The third-order valence-electron chi connectivity index (χ3n) is 3.71. The van der Waals surface area contributed by atoms with Gasteiger partial charge in [-0.2, -0.15) is 4.98 Å². The van der Waals surface area contributed by atoms with Crippen LogP contribution in [0.25, 0.3) is 11.0 Å². The van der Waals surface area contributed by atoms with Crippen LogP contribution < -0.4 is 11.1 Å². The summed E-state index contributed by atoms with van der Waals surface area (Å²) in [7, 11) is 0. The zero-order chi connectivity index (χ0) is 16.8. The first-order valence-electron chi connectivity index (χ1n) is 7.75. The van der Waals surface area contributed by atoms with Crippen molar-refractivity contribution in [3.8, 4) is 0 Å². The molecule has 6 nitrogen and oxygen atoms in total. The average Bonchev–Trinajstić information content (AvgIpc) is 2.51. The normalized spacial score (nSPS) is 13.7. The summed E-state index contributed by atoms with van der Waals surface area (Å²) >= 11 is 0. The van der Waals surface area contributed by atoms with E-state index in [4.69, 9.17) is 5.73 Å². The first-order valence-corrected chi connectivity index (χ1v) is 7.75. The summed E-state index contributed by atoms with van der Waals surface area (Å²) < 4.78 is 13.4. The lowest BCUT2D eigenvalue weighted by atomic mass is 9.92. The molecular formula is C16H22FN5O. The largest absolute Gasteiger partial charge is 0.368 e. The van der Waals surface area contributed by atoms with Crippen LogP contribution in [0, 0.1) is 5.92 Å². The number of anilines is 2. The molecule has 0 saturated carbocycles. The number of hydrogen-bond donors (Lipinski definition) is 2. The Morgan fingerprint density at radius 2 is 2.22 bits per heavy atom. The molecule has 2 atom stereocenters. The van der Waals surface area contributed by atoms with E-state index in [9.17, 15) is 9.18 Å². The van der Waals surface area contributed by atoms with Crippen LogP contribution in [0.5, 0.6) is 0 Å². The van der Waals surface area contributed by atoms with E-state index in [1.54, 1.807) is 18.3 Å². The van der Waals surface area contributed by atoms with E-state index >= 15 is 0 Å². The first-order chi connectivity index (χ1) is 11.0. The smallest absolute Gasteiger partial charge is 0.222 e. The van der Waals surface area contributed by atoms with E-state index in [2.05, 4.69) is 20.3 Å². The lowest BCUT2D eigenvalue weighted by Gasteiger charge is -2.26. The van der Waals surface area contributed by atoms with Crippen molar-refractivity contribution in [2.45, 2.75) is 39.2 Å². The fourth-order valence-electron chi connectivity index (χ4n) is 2.67. The van der Waals surface area contributed by atoms with Crippen molar-refractivity contribution >= 4 is 28.6 Å². The monoisotopic (exact) mass is 319 g/mol. The molecule has 7 heteroatoms.